The molecule has 0 aliphatic carbocycles. The molecule has 0 aliphatic rings. The summed E-state index contributed by atoms with van der Waals surface area (Å²) in [4.78, 5) is 4.72. The molecule has 0 bridgehead atoms. The summed E-state index contributed by atoms with van der Waals surface area (Å²) in [6.45, 7) is 0. The van der Waals surface area contributed by atoms with Gasteiger partial charge in [0.15, 0.2) is 0 Å². The van der Waals surface area contributed by atoms with Gasteiger partial charge in [0.25, 0.3) is 0 Å². The second-order valence-corrected chi connectivity index (χ2v) is 5.80. The highest BCUT2D eigenvalue weighted by atomic mass is 32.1. The van der Waals surface area contributed by atoms with Gasteiger partial charge in [-0.1, -0.05) is 60.7 Å². The molecule has 3 heteroatoms. The molecule has 0 spiro atoms. The highest BCUT2D eigenvalue weighted by Gasteiger charge is 2.19. The first kappa shape index (κ1) is 13.4. The molecule has 0 fully saturated rings. The standard InChI is InChI=1S/C17H15NS2/c19-11-15-12-20-17(18-15)16(13-7-3-1-4-8-13)14-9-5-2-6-10-14/h1-10,12,16,19H,11H2. The van der Waals surface area contributed by atoms with E-state index in [4.69, 9.17) is 4.98 Å². The third-order valence-electron chi connectivity index (χ3n) is 3.24. The van der Waals surface area contributed by atoms with Crippen LogP contribution in [0, 0.1) is 0 Å². The molecule has 1 heterocycles. The van der Waals surface area contributed by atoms with E-state index in [1.165, 1.54) is 11.1 Å². The molecule has 0 radical (unpaired) electrons. The summed E-state index contributed by atoms with van der Waals surface area (Å²) < 4.78 is 0. The van der Waals surface area contributed by atoms with E-state index >= 15 is 0 Å². The Labute approximate surface area is 128 Å². The molecule has 1 nitrogen and oxygen atoms in total. The quantitative estimate of drug-likeness (QED) is 0.685. The van der Waals surface area contributed by atoms with E-state index in [2.05, 4.69) is 66.5 Å². The van der Waals surface area contributed by atoms with Gasteiger partial charge in [0, 0.05) is 11.1 Å². The minimum Gasteiger partial charge on any atom is -0.244 e. The van der Waals surface area contributed by atoms with Crippen LogP contribution in [0.25, 0.3) is 0 Å². The van der Waals surface area contributed by atoms with Crippen molar-refractivity contribution in [1.82, 2.24) is 4.98 Å². The van der Waals surface area contributed by atoms with Gasteiger partial charge in [-0.25, -0.2) is 4.98 Å². The Balaban J connectivity index is 2.09. The first-order chi connectivity index (χ1) is 9.88. The summed E-state index contributed by atoms with van der Waals surface area (Å²) in [5, 5.41) is 3.23. The average molecular weight is 297 g/mol. The van der Waals surface area contributed by atoms with Crippen molar-refractivity contribution in [2.75, 3.05) is 0 Å². The van der Waals surface area contributed by atoms with Gasteiger partial charge in [0.2, 0.25) is 0 Å². The van der Waals surface area contributed by atoms with Crippen molar-refractivity contribution in [3.05, 3.63) is 87.9 Å². The van der Waals surface area contributed by atoms with Crippen LogP contribution in [0.15, 0.2) is 66.0 Å². The van der Waals surface area contributed by atoms with Gasteiger partial charge in [-0.05, 0) is 11.1 Å². The maximum atomic E-state index is 4.72. The number of thiol groups is 1. The third kappa shape index (κ3) is 2.79. The van der Waals surface area contributed by atoms with Gasteiger partial charge in [0.1, 0.15) is 5.01 Å². The molecule has 0 aliphatic heterocycles. The molecule has 3 rings (SSSR count). The summed E-state index contributed by atoms with van der Waals surface area (Å²) in [5.74, 6) is 0.892. The molecule has 0 amide bonds. The van der Waals surface area contributed by atoms with Crippen molar-refractivity contribution in [3.63, 3.8) is 0 Å². The van der Waals surface area contributed by atoms with E-state index < -0.39 is 0 Å². The van der Waals surface area contributed by atoms with Crippen molar-refractivity contribution in [2.45, 2.75) is 11.7 Å². The fourth-order valence-corrected chi connectivity index (χ4v) is 3.55. The van der Waals surface area contributed by atoms with Crippen molar-refractivity contribution in [1.29, 1.82) is 0 Å². The largest absolute Gasteiger partial charge is 0.244 e. The predicted octanol–water partition coefficient (Wildman–Crippen LogP) is 4.75. The van der Waals surface area contributed by atoms with E-state index in [0.717, 1.165) is 10.7 Å². The smallest absolute Gasteiger partial charge is 0.105 e. The van der Waals surface area contributed by atoms with Gasteiger partial charge >= 0.3 is 0 Å². The Hall–Kier alpha value is -1.58. The fraction of sp³-hybridized carbons (Fsp3) is 0.118. The van der Waals surface area contributed by atoms with Gasteiger partial charge < -0.3 is 0 Å². The van der Waals surface area contributed by atoms with Crippen LogP contribution in [-0.4, -0.2) is 4.98 Å². The minimum absolute atomic E-state index is 0.205. The summed E-state index contributed by atoms with van der Waals surface area (Å²) in [6.07, 6.45) is 0. The Morgan fingerprint density at radius 2 is 1.45 bits per heavy atom. The van der Waals surface area contributed by atoms with Gasteiger partial charge in [-0.3, -0.25) is 0 Å². The number of aromatic nitrogens is 1. The highest BCUT2D eigenvalue weighted by Crippen LogP contribution is 2.33. The van der Waals surface area contributed by atoms with E-state index in [-0.39, 0.29) is 5.92 Å². The molecule has 0 saturated heterocycles. The van der Waals surface area contributed by atoms with Gasteiger partial charge in [0.05, 0.1) is 11.6 Å². The average Bonchev–Trinajstić information content (AvgIpc) is 2.98. The normalized spacial score (nSPS) is 10.9. The van der Waals surface area contributed by atoms with E-state index in [1.54, 1.807) is 11.3 Å². The summed E-state index contributed by atoms with van der Waals surface area (Å²) in [7, 11) is 0. The van der Waals surface area contributed by atoms with Crippen LogP contribution >= 0.6 is 24.0 Å². The monoisotopic (exact) mass is 297 g/mol. The number of hydrogen-bond acceptors (Lipinski definition) is 3. The number of thiazole rings is 1. The maximum absolute atomic E-state index is 4.72. The molecular formula is C17H15NS2. The lowest BCUT2D eigenvalue weighted by molar-refractivity contribution is 0.944. The molecule has 0 unspecified atom stereocenters. The molecule has 100 valence electrons. The van der Waals surface area contributed by atoms with E-state index in [0.29, 0.717) is 5.75 Å². The number of nitrogens with zero attached hydrogens (tertiary/aromatic N) is 1. The first-order valence-electron chi connectivity index (χ1n) is 6.53. The Kier molecular flexibility index (Phi) is 4.19. The lowest BCUT2D eigenvalue weighted by Gasteiger charge is -2.15. The molecule has 2 aromatic carbocycles. The Bertz CT molecular complexity index is 622. The van der Waals surface area contributed by atoms with Crippen LogP contribution < -0.4 is 0 Å². The molecular weight excluding hydrogens is 282 g/mol. The molecule has 0 saturated carbocycles. The second kappa shape index (κ2) is 6.25. The van der Waals surface area contributed by atoms with Crippen LogP contribution in [0.5, 0.6) is 0 Å². The number of hydrogen-bond donors (Lipinski definition) is 1. The molecule has 1 aromatic heterocycles. The van der Waals surface area contributed by atoms with E-state index in [9.17, 15) is 0 Å². The maximum Gasteiger partial charge on any atom is 0.105 e. The van der Waals surface area contributed by atoms with Crippen LogP contribution in [0.4, 0.5) is 0 Å². The fourth-order valence-electron chi connectivity index (χ4n) is 2.30. The molecule has 0 N–H and O–H groups in total. The summed E-state index contributed by atoms with van der Waals surface area (Å²) in [6, 6.07) is 21.1. The summed E-state index contributed by atoms with van der Waals surface area (Å²) >= 11 is 6.02. The highest BCUT2D eigenvalue weighted by molar-refractivity contribution is 7.79. The van der Waals surface area contributed by atoms with Crippen LogP contribution in [0.3, 0.4) is 0 Å². The van der Waals surface area contributed by atoms with E-state index in [1.807, 2.05) is 12.1 Å². The lowest BCUT2D eigenvalue weighted by Crippen LogP contribution is -2.02. The van der Waals surface area contributed by atoms with Crippen LogP contribution in [0.2, 0.25) is 0 Å². The third-order valence-corrected chi connectivity index (χ3v) is 4.53. The minimum atomic E-state index is 0.205. The van der Waals surface area contributed by atoms with Crippen LogP contribution in [0.1, 0.15) is 27.7 Å². The molecule has 20 heavy (non-hydrogen) atoms. The number of benzene rings is 2. The van der Waals surface area contributed by atoms with Crippen molar-refractivity contribution in [3.8, 4) is 0 Å². The molecule has 3 aromatic rings. The second-order valence-electron chi connectivity index (χ2n) is 4.59. The van der Waals surface area contributed by atoms with Crippen molar-refractivity contribution < 1.29 is 0 Å². The van der Waals surface area contributed by atoms with Crippen LogP contribution in [-0.2, 0) is 5.75 Å². The first-order valence-corrected chi connectivity index (χ1v) is 8.04. The Morgan fingerprint density at radius 1 is 0.900 bits per heavy atom. The zero-order valence-electron chi connectivity index (χ0n) is 10.9. The van der Waals surface area contributed by atoms with Crippen molar-refractivity contribution in [2.24, 2.45) is 0 Å². The lowest BCUT2D eigenvalue weighted by atomic mass is 9.92. The molecule has 0 atom stereocenters. The van der Waals surface area contributed by atoms with Gasteiger partial charge in [-0.2, -0.15) is 12.6 Å². The predicted molar refractivity (Wildman–Crippen MR) is 88.6 cm³/mol. The number of rotatable bonds is 4. The zero-order valence-corrected chi connectivity index (χ0v) is 12.6. The van der Waals surface area contributed by atoms with Gasteiger partial charge in [-0.15, -0.1) is 11.3 Å². The SMILES string of the molecule is SCc1csc(C(c2ccccc2)c2ccccc2)n1. The zero-order chi connectivity index (χ0) is 13.8. The Morgan fingerprint density at radius 3 is 1.90 bits per heavy atom. The summed E-state index contributed by atoms with van der Waals surface area (Å²) in [5.41, 5.74) is 3.60. The topological polar surface area (TPSA) is 12.9 Å². The van der Waals surface area contributed by atoms with Crippen molar-refractivity contribution >= 4 is 24.0 Å².